The molecule has 0 atom stereocenters. The summed E-state index contributed by atoms with van der Waals surface area (Å²) in [7, 11) is 0. The predicted octanol–water partition coefficient (Wildman–Crippen LogP) is 3.38. The van der Waals surface area contributed by atoms with Gasteiger partial charge in [0.25, 0.3) is 0 Å². The molecule has 4 heteroatoms. The Morgan fingerprint density at radius 1 is 1.06 bits per heavy atom. The molecule has 17 heavy (non-hydrogen) atoms. The van der Waals surface area contributed by atoms with Crippen molar-refractivity contribution < 1.29 is 0 Å². The molecule has 0 fully saturated rings. The molecule has 0 aliphatic rings. The van der Waals surface area contributed by atoms with Crippen molar-refractivity contribution in [2.75, 3.05) is 0 Å². The largest absolute Gasteiger partial charge is 0.301 e. The number of rotatable bonds is 1. The van der Waals surface area contributed by atoms with Crippen molar-refractivity contribution in [1.29, 1.82) is 0 Å². The van der Waals surface area contributed by atoms with Gasteiger partial charge in [0.1, 0.15) is 16.6 Å². The molecule has 0 aliphatic carbocycles. The van der Waals surface area contributed by atoms with E-state index >= 15 is 0 Å². The summed E-state index contributed by atoms with van der Waals surface area (Å²) in [5.74, 6) is 0.679. The first-order valence-corrected chi connectivity index (χ1v) is 5.70. The fourth-order valence-corrected chi connectivity index (χ4v) is 2.15. The van der Waals surface area contributed by atoms with Gasteiger partial charge in [0, 0.05) is 11.9 Å². The minimum atomic E-state index is 0.502. The van der Waals surface area contributed by atoms with Gasteiger partial charge in [-0.2, -0.15) is 0 Å². The van der Waals surface area contributed by atoms with Crippen molar-refractivity contribution >= 4 is 22.6 Å². The van der Waals surface area contributed by atoms with Gasteiger partial charge >= 0.3 is 0 Å². The highest BCUT2D eigenvalue weighted by Gasteiger charge is 2.09. The average molecular weight is 244 g/mol. The predicted molar refractivity (Wildman–Crippen MR) is 68.6 cm³/mol. The highest BCUT2D eigenvalue weighted by atomic mass is 35.5. The van der Waals surface area contributed by atoms with Crippen LogP contribution in [0, 0.1) is 6.92 Å². The van der Waals surface area contributed by atoms with E-state index in [9.17, 15) is 0 Å². The monoisotopic (exact) mass is 243 g/mol. The van der Waals surface area contributed by atoms with E-state index in [1.807, 2.05) is 54.1 Å². The summed E-state index contributed by atoms with van der Waals surface area (Å²) in [5.41, 5.74) is 1.91. The lowest BCUT2D eigenvalue weighted by Crippen LogP contribution is -1.96. The first-order chi connectivity index (χ1) is 8.25. The molecule has 84 valence electrons. The Kier molecular flexibility index (Phi) is 2.34. The summed E-state index contributed by atoms with van der Waals surface area (Å²) >= 11 is 6.10. The number of para-hydroxylation sites is 1. The smallest absolute Gasteiger partial charge is 0.149 e. The van der Waals surface area contributed by atoms with Crippen LogP contribution >= 0.6 is 11.6 Å². The minimum absolute atomic E-state index is 0.502. The number of halogens is 1. The molecule has 0 saturated carbocycles. The van der Waals surface area contributed by atoms with Crippen LogP contribution in [-0.2, 0) is 0 Å². The second kappa shape index (κ2) is 3.86. The number of fused-ring (bicyclic) bond motifs is 1. The Morgan fingerprint density at radius 3 is 2.59 bits per heavy atom. The number of nitrogens with zero attached hydrogens (tertiary/aromatic N) is 3. The molecular weight excluding hydrogens is 234 g/mol. The van der Waals surface area contributed by atoms with Crippen LogP contribution < -0.4 is 0 Å². The molecule has 0 bridgehead atoms. The molecule has 0 amide bonds. The summed E-state index contributed by atoms with van der Waals surface area (Å²) in [6.07, 6.45) is 1.96. The van der Waals surface area contributed by atoms with Gasteiger partial charge in [0.05, 0.1) is 5.39 Å². The van der Waals surface area contributed by atoms with E-state index in [4.69, 9.17) is 11.6 Å². The maximum Gasteiger partial charge on any atom is 0.149 e. The van der Waals surface area contributed by atoms with E-state index in [-0.39, 0.29) is 0 Å². The summed E-state index contributed by atoms with van der Waals surface area (Å²) in [6, 6.07) is 12.0. The van der Waals surface area contributed by atoms with Crippen molar-refractivity contribution in [1.82, 2.24) is 14.5 Å². The van der Waals surface area contributed by atoms with E-state index in [2.05, 4.69) is 9.97 Å². The molecule has 0 N–H and O–H groups in total. The Balaban J connectivity index is 2.32. The molecule has 0 spiro atoms. The fraction of sp³-hybridized carbons (Fsp3) is 0.0769. The lowest BCUT2D eigenvalue weighted by molar-refractivity contribution is 1.03. The summed E-state index contributed by atoms with van der Waals surface area (Å²) in [5, 5.41) is 1.38. The molecule has 2 aromatic heterocycles. The van der Waals surface area contributed by atoms with Gasteiger partial charge in [0.15, 0.2) is 0 Å². The number of hydrogen-bond acceptors (Lipinski definition) is 2. The SMILES string of the molecule is Cc1nc(Cl)c2ccn(-c3ccccc3)c2n1. The maximum atomic E-state index is 6.10. The highest BCUT2D eigenvalue weighted by molar-refractivity contribution is 6.34. The molecule has 0 unspecified atom stereocenters. The number of aromatic nitrogens is 3. The second-order valence-corrected chi connectivity index (χ2v) is 4.18. The Morgan fingerprint density at radius 2 is 1.82 bits per heavy atom. The van der Waals surface area contributed by atoms with Gasteiger partial charge in [-0.25, -0.2) is 9.97 Å². The van der Waals surface area contributed by atoms with E-state index < -0.39 is 0 Å². The lowest BCUT2D eigenvalue weighted by Gasteiger charge is -2.04. The number of benzene rings is 1. The highest BCUT2D eigenvalue weighted by Crippen LogP contribution is 2.23. The zero-order chi connectivity index (χ0) is 11.8. The van der Waals surface area contributed by atoms with E-state index in [0.29, 0.717) is 11.0 Å². The Bertz CT molecular complexity index is 674. The lowest BCUT2D eigenvalue weighted by atomic mass is 10.3. The minimum Gasteiger partial charge on any atom is -0.301 e. The summed E-state index contributed by atoms with van der Waals surface area (Å²) in [4.78, 5) is 8.59. The van der Waals surface area contributed by atoms with Crippen LogP contribution in [0.1, 0.15) is 5.82 Å². The van der Waals surface area contributed by atoms with Crippen molar-refractivity contribution in [3.63, 3.8) is 0 Å². The molecule has 3 aromatic rings. The van der Waals surface area contributed by atoms with Crippen LogP contribution in [-0.4, -0.2) is 14.5 Å². The maximum absolute atomic E-state index is 6.10. The number of hydrogen-bond donors (Lipinski definition) is 0. The molecule has 0 aliphatic heterocycles. The van der Waals surface area contributed by atoms with E-state index in [1.165, 1.54) is 0 Å². The molecule has 3 nitrogen and oxygen atoms in total. The molecule has 1 aromatic carbocycles. The van der Waals surface area contributed by atoms with Crippen LogP contribution in [0.15, 0.2) is 42.6 Å². The molecular formula is C13H10ClN3. The van der Waals surface area contributed by atoms with Crippen molar-refractivity contribution in [2.45, 2.75) is 6.92 Å². The Labute approximate surface area is 104 Å². The second-order valence-electron chi connectivity index (χ2n) is 3.82. The van der Waals surface area contributed by atoms with Crippen molar-refractivity contribution in [2.24, 2.45) is 0 Å². The van der Waals surface area contributed by atoms with Gasteiger partial charge in [-0.15, -0.1) is 0 Å². The van der Waals surface area contributed by atoms with E-state index in [0.717, 1.165) is 16.7 Å². The van der Waals surface area contributed by atoms with Crippen molar-refractivity contribution in [3.8, 4) is 5.69 Å². The van der Waals surface area contributed by atoms with Crippen molar-refractivity contribution in [3.05, 3.63) is 53.6 Å². The number of aryl methyl sites for hydroxylation is 1. The third-order valence-corrected chi connectivity index (χ3v) is 2.93. The average Bonchev–Trinajstić information content (AvgIpc) is 2.74. The van der Waals surface area contributed by atoms with Gasteiger partial charge in [-0.05, 0) is 25.1 Å². The third kappa shape index (κ3) is 1.68. The topological polar surface area (TPSA) is 30.7 Å². The first kappa shape index (κ1) is 10.3. The first-order valence-electron chi connectivity index (χ1n) is 5.32. The normalized spacial score (nSPS) is 10.9. The fourth-order valence-electron chi connectivity index (χ4n) is 1.88. The van der Waals surface area contributed by atoms with Gasteiger partial charge in [0.2, 0.25) is 0 Å². The molecule has 3 rings (SSSR count). The quantitative estimate of drug-likeness (QED) is 0.614. The molecule has 0 radical (unpaired) electrons. The van der Waals surface area contributed by atoms with Gasteiger partial charge in [-0.1, -0.05) is 29.8 Å². The standard InChI is InChI=1S/C13H10ClN3/c1-9-15-12(14)11-7-8-17(13(11)16-9)10-5-3-2-4-6-10/h2-8H,1H3. The molecule has 2 heterocycles. The summed E-state index contributed by atoms with van der Waals surface area (Å²) < 4.78 is 2.01. The van der Waals surface area contributed by atoms with E-state index in [1.54, 1.807) is 0 Å². The zero-order valence-electron chi connectivity index (χ0n) is 9.26. The van der Waals surface area contributed by atoms with Crippen LogP contribution in [0.4, 0.5) is 0 Å². The zero-order valence-corrected chi connectivity index (χ0v) is 10.0. The van der Waals surface area contributed by atoms with Gasteiger partial charge < -0.3 is 4.57 Å². The summed E-state index contributed by atoms with van der Waals surface area (Å²) in [6.45, 7) is 1.84. The third-order valence-electron chi connectivity index (χ3n) is 2.64. The van der Waals surface area contributed by atoms with Crippen LogP contribution in [0.3, 0.4) is 0 Å². The van der Waals surface area contributed by atoms with Crippen LogP contribution in [0.25, 0.3) is 16.7 Å². The van der Waals surface area contributed by atoms with Crippen LogP contribution in [0.2, 0.25) is 5.15 Å². The molecule has 0 saturated heterocycles. The van der Waals surface area contributed by atoms with Crippen LogP contribution in [0.5, 0.6) is 0 Å². The Hall–Kier alpha value is -1.87. The van der Waals surface area contributed by atoms with Gasteiger partial charge in [-0.3, -0.25) is 0 Å².